The molecule has 1 fully saturated rings. The molecular weight excluding hydrogens is 270 g/mol. The van der Waals surface area contributed by atoms with Gasteiger partial charge in [-0.05, 0) is 35.6 Å². The molecule has 1 heterocycles. The van der Waals surface area contributed by atoms with Crippen LogP contribution in [0.5, 0.6) is 0 Å². The van der Waals surface area contributed by atoms with E-state index >= 15 is 0 Å². The van der Waals surface area contributed by atoms with Gasteiger partial charge in [0.05, 0.1) is 0 Å². The number of likely N-dealkylation sites (tertiary alicyclic amines) is 1. The van der Waals surface area contributed by atoms with Crippen molar-refractivity contribution in [2.24, 2.45) is 0 Å². The second-order valence-corrected chi connectivity index (χ2v) is 5.75. The van der Waals surface area contributed by atoms with Gasteiger partial charge in [-0.25, -0.2) is 0 Å². The lowest BCUT2D eigenvalue weighted by Crippen LogP contribution is -2.37. The second-order valence-electron chi connectivity index (χ2n) is 5.32. The summed E-state index contributed by atoms with van der Waals surface area (Å²) in [6.07, 6.45) is 3.39. The van der Waals surface area contributed by atoms with Crippen LogP contribution >= 0.6 is 11.6 Å². The maximum absolute atomic E-state index is 12.5. The number of hydrogen-bond acceptors (Lipinski definition) is 1. The Labute approximate surface area is 124 Å². The van der Waals surface area contributed by atoms with Gasteiger partial charge >= 0.3 is 0 Å². The molecule has 3 heteroatoms. The van der Waals surface area contributed by atoms with Gasteiger partial charge in [0.2, 0.25) is 5.91 Å². The van der Waals surface area contributed by atoms with E-state index in [4.69, 9.17) is 11.6 Å². The molecule has 1 aliphatic heterocycles. The average Bonchev–Trinajstić information content (AvgIpc) is 2.54. The monoisotopic (exact) mass is 287 g/mol. The molecule has 1 aliphatic rings. The Bertz CT molecular complexity index is 614. The van der Waals surface area contributed by atoms with Gasteiger partial charge in [0.25, 0.3) is 0 Å². The van der Waals surface area contributed by atoms with E-state index in [-0.39, 0.29) is 5.91 Å². The van der Waals surface area contributed by atoms with E-state index in [2.05, 4.69) is 0 Å². The molecule has 2 aromatic carbocycles. The minimum atomic E-state index is -0.584. The van der Waals surface area contributed by atoms with Crippen molar-refractivity contribution < 1.29 is 4.79 Å². The molecule has 1 saturated heterocycles. The van der Waals surface area contributed by atoms with Crippen LogP contribution in [-0.4, -0.2) is 23.9 Å². The van der Waals surface area contributed by atoms with E-state index in [0.29, 0.717) is 0 Å². The Morgan fingerprint density at radius 3 is 2.50 bits per heavy atom. The summed E-state index contributed by atoms with van der Waals surface area (Å²) in [5.41, 5.74) is 0.917. The number of rotatable bonds is 2. The molecule has 0 aliphatic carbocycles. The molecule has 104 valence electrons. The van der Waals surface area contributed by atoms with Crippen molar-refractivity contribution in [3.8, 4) is 0 Å². The zero-order valence-corrected chi connectivity index (χ0v) is 12.1. The van der Waals surface area contributed by atoms with Gasteiger partial charge in [-0.3, -0.25) is 4.79 Å². The fraction of sp³-hybridized carbons (Fsp3) is 0.353. The number of halogens is 1. The molecule has 0 spiro atoms. The molecule has 0 aromatic heterocycles. The fourth-order valence-corrected chi connectivity index (χ4v) is 3.21. The van der Waals surface area contributed by atoms with Gasteiger partial charge < -0.3 is 4.90 Å². The molecule has 0 radical (unpaired) electrons. The summed E-state index contributed by atoms with van der Waals surface area (Å²) in [5, 5.41) is 1.61. The molecular formula is C17H18ClNO. The lowest BCUT2D eigenvalue weighted by Gasteiger charge is -2.28. The van der Waals surface area contributed by atoms with Crippen LogP contribution in [-0.2, 0) is 4.79 Å². The van der Waals surface area contributed by atoms with Crippen molar-refractivity contribution >= 4 is 28.3 Å². The maximum atomic E-state index is 12.5. The smallest absolute Gasteiger partial charge is 0.245 e. The SMILES string of the molecule is O=C(C(Cl)c1cccc2ccccc12)N1CCCCC1. The van der Waals surface area contributed by atoms with Crippen molar-refractivity contribution in [1.29, 1.82) is 0 Å². The Kier molecular flexibility index (Phi) is 3.93. The largest absolute Gasteiger partial charge is 0.341 e. The van der Waals surface area contributed by atoms with E-state index in [1.807, 2.05) is 47.4 Å². The highest BCUT2D eigenvalue weighted by atomic mass is 35.5. The molecule has 20 heavy (non-hydrogen) atoms. The summed E-state index contributed by atoms with van der Waals surface area (Å²) in [4.78, 5) is 14.4. The van der Waals surface area contributed by atoms with Crippen molar-refractivity contribution in [2.75, 3.05) is 13.1 Å². The first-order valence-corrected chi connectivity index (χ1v) is 7.61. The number of carbonyl (C=O) groups excluding carboxylic acids is 1. The standard InChI is InChI=1S/C17H18ClNO/c18-16(17(20)19-11-4-1-5-12-19)15-10-6-8-13-7-2-3-9-14(13)15/h2-3,6-10,16H,1,4-5,11-12H2. The molecule has 3 rings (SSSR count). The summed E-state index contributed by atoms with van der Waals surface area (Å²) in [5.74, 6) is 0.0442. The van der Waals surface area contributed by atoms with Gasteiger partial charge in [0, 0.05) is 13.1 Å². The molecule has 2 aromatic rings. The highest BCUT2D eigenvalue weighted by Crippen LogP contribution is 2.30. The van der Waals surface area contributed by atoms with Crippen molar-refractivity contribution in [2.45, 2.75) is 24.6 Å². The lowest BCUT2D eigenvalue weighted by molar-refractivity contribution is -0.131. The number of benzene rings is 2. The number of amides is 1. The number of nitrogens with zero attached hydrogens (tertiary/aromatic N) is 1. The molecule has 0 N–H and O–H groups in total. The summed E-state index contributed by atoms with van der Waals surface area (Å²) >= 11 is 6.48. The third-order valence-corrected chi connectivity index (χ3v) is 4.40. The summed E-state index contributed by atoms with van der Waals surface area (Å²) < 4.78 is 0. The predicted octanol–water partition coefficient (Wildman–Crippen LogP) is 4.13. The molecule has 0 saturated carbocycles. The maximum Gasteiger partial charge on any atom is 0.245 e. The fourth-order valence-electron chi connectivity index (χ4n) is 2.88. The highest BCUT2D eigenvalue weighted by molar-refractivity contribution is 6.31. The Morgan fingerprint density at radius 2 is 1.70 bits per heavy atom. The first-order chi connectivity index (χ1) is 9.77. The third kappa shape index (κ3) is 2.53. The van der Waals surface area contributed by atoms with Crippen LogP contribution in [0.15, 0.2) is 42.5 Å². The van der Waals surface area contributed by atoms with E-state index in [1.165, 1.54) is 6.42 Å². The Morgan fingerprint density at radius 1 is 1.00 bits per heavy atom. The highest BCUT2D eigenvalue weighted by Gasteiger charge is 2.26. The normalized spacial score (nSPS) is 17.1. The van der Waals surface area contributed by atoms with Crippen LogP contribution in [0.3, 0.4) is 0 Å². The molecule has 2 nitrogen and oxygen atoms in total. The third-order valence-electron chi connectivity index (χ3n) is 3.98. The van der Waals surface area contributed by atoms with Crippen molar-refractivity contribution in [3.63, 3.8) is 0 Å². The summed E-state index contributed by atoms with van der Waals surface area (Å²) in [7, 11) is 0. The van der Waals surface area contributed by atoms with Gasteiger partial charge in [-0.1, -0.05) is 42.5 Å². The predicted molar refractivity (Wildman–Crippen MR) is 83.0 cm³/mol. The average molecular weight is 288 g/mol. The lowest BCUT2D eigenvalue weighted by atomic mass is 10.0. The summed E-state index contributed by atoms with van der Waals surface area (Å²) in [6, 6.07) is 14.0. The molecule has 1 atom stereocenters. The van der Waals surface area contributed by atoms with Crippen LogP contribution in [0.2, 0.25) is 0 Å². The number of hydrogen-bond donors (Lipinski definition) is 0. The van der Waals surface area contributed by atoms with Crippen LogP contribution in [0.4, 0.5) is 0 Å². The van der Waals surface area contributed by atoms with Gasteiger partial charge in [-0.15, -0.1) is 11.6 Å². The van der Waals surface area contributed by atoms with E-state index < -0.39 is 5.38 Å². The van der Waals surface area contributed by atoms with Crippen LogP contribution in [0.1, 0.15) is 30.2 Å². The van der Waals surface area contributed by atoms with Crippen molar-refractivity contribution in [3.05, 3.63) is 48.0 Å². The number of carbonyl (C=O) groups is 1. The van der Waals surface area contributed by atoms with Crippen LogP contribution in [0.25, 0.3) is 10.8 Å². The number of alkyl halides is 1. The Balaban J connectivity index is 1.91. The minimum absolute atomic E-state index is 0.0442. The first kappa shape index (κ1) is 13.4. The number of fused-ring (bicyclic) bond motifs is 1. The van der Waals surface area contributed by atoms with E-state index in [1.54, 1.807) is 0 Å². The van der Waals surface area contributed by atoms with E-state index in [9.17, 15) is 4.79 Å². The van der Waals surface area contributed by atoms with E-state index in [0.717, 1.165) is 42.3 Å². The minimum Gasteiger partial charge on any atom is -0.341 e. The van der Waals surface area contributed by atoms with Crippen LogP contribution in [0, 0.1) is 0 Å². The second kappa shape index (κ2) is 5.84. The summed E-state index contributed by atoms with van der Waals surface area (Å²) in [6.45, 7) is 1.68. The first-order valence-electron chi connectivity index (χ1n) is 7.18. The molecule has 0 bridgehead atoms. The van der Waals surface area contributed by atoms with Crippen molar-refractivity contribution in [1.82, 2.24) is 4.90 Å². The zero-order chi connectivity index (χ0) is 13.9. The van der Waals surface area contributed by atoms with Gasteiger partial charge in [0.1, 0.15) is 5.38 Å². The quantitative estimate of drug-likeness (QED) is 0.761. The zero-order valence-electron chi connectivity index (χ0n) is 11.4. The topological polar surface area (TPSA) is 20.3 Å². The van der Waals surface area contributed by atoms with Crippen LogP contribution < -0.4 is 0 Å². The Hall–Kier alpha value is -1.54. The van der Waals surface area contributed by atoms with Gasteiger partial charge in [0.15, 0.2) is 0 Å². The van der Waals surface area contributed by atoms with Gasteiger partial charge in [-0.2, -0.15) is 0 Å². The number of piperidine rings is 1. The molecule has 1 unspecified atom stereocenters. The molecule has 1 amide bonds.